The number of aromatic hydroxyl groups is 1. The lowest BCUT2D eigenvalue weighted by Crippen LogP contribution is -2.31. The Morgan fingerprint density at radius 2 is 1.85 bits per heavy atom. The number of aromatic amines is 1. The Morgan fingerprint density at radius 3 is 2.62 bits per heavy atom. The highest BCUT2D eigenvalue weighted by Gasteiger charge is 2.42. The number of carbonyl (C=O) groups is 1. The van der Waals surface area contributed by atoms with Crippen molar-refractivity contribution in [3.8, 4) is 11.5 Å². The molecule has 0 aliphatic carbocycles. The molecule has 5 rings (SSSR count). The number of amides is 1. The molecule has 1 aliphatic heterocycles. The Labute approximate surface area is 196 Å². The van der Waals surface area contributed by atoms with E-state index in [1.165, 1.54) is 19.0 Å². The largest absolute Gasteiger partial charge is 0.504 e. The molecule has 0 saturated carbocycles. The van der Waals surface area contributed by atoms with Gasteiger partial charge in [0.15, 0.2) is 11.5 Å². The number of H-pyrrole nitrogens is 1. The molecule has 0 spiro atoms. The Morgan fingerprint density at radius 1 is 1.09 bits per heavy atom. The number of hydrogen-bond acceptors (Lipinski definition) is 6. The van der Waals surface area contributed by atoms with E-state index in [-0.39, 0.29) is 11.7 Å². The fourth-order valence-corrected chi connectivity index (χ4v) is 4.23. The summed E-state index contributed by atoms with van der Waals surface area (Å²) in [6.07, 6.45) is 1.88. The zero-order chi connectivity index (χ0) is 23.7. The summed E-state index contributed by atoms with van der Waals surface area (Å²) < 4.78 is 5.31. The minimum atomic E-state index is -0.586. The third kappa shape index (κ3) is 3.79. The Kier molecular flexibility index (Phi) is 5.55. The predicted octanol–water partition coefficient (Wildman–Crippen LogP) is 5.34. The highest BCUT2D eigenvalue weighted by molar-refractivity contribution is 6.15. The first kappa shape index (κ1) is 21.4. The van der Waals surface area contributed by atoms with Gasteiger partial charge in [-0.2, -0.15) is 15.3 Å². The zero-order valence-corrected chi connectivity index (χ0v) is 18.7. The standard InChI is InChI=1S/C26H23N5O3/c1-16(32)31-26(17-12-13-22(33)23(14-17)34-2)25(29-28-18-8-4-3-5-9-18)24(30-31)20-15-27-21-11-7-6-10-19(20)21/h3-15,25-27,33H,1-2H3. The summed E-state index contributed by atoms with van der Waals surface area (Å²) in [5.74, 6) is 0.0888. The number of phenolic OH excluding ortho intramolecular Hbond substituents is 1. The Hall–Kier alpha value is -4.46. The van der Waals surface area contributed by atoms with E-state index in [0.29, 0.717) is 17.1 Å². The van der Waals surface area contributed by atoms with Crippen LogP contribution in [0.3, 0.4) is 0 Å². The van der Waals surface area contributed by atoms with E-state index in [1.807, 2.05) is 60.8 Å². The van der Waals surface area contributed by atoms with Gasteiger partial charge in [0.1, 0.15) is 12.1 Å². The number of rotatable bonds is 5. The predicted molar refractivity (Wildman–Crippen MR) is 130 cm³/mol. The van der Waals surface area contributed by atoms with Crippen LogP contribution in [0.1, 0.15) is 24.1 Å². The van der Waals surface area contributed by atoms with Crippen molar-refractivity contribution in [1.29, 1.82) is 0 Å². The number of hydrazone groups is 1. The molecule has 1 aromatic heterocycles. The van der Waals surface area contributed by atoms with Gasteiger partial charge in [0, 0.05) is 29.6 Å². The number of hydrogen-bond donors (Lipinski definition) is 2. The van der Waals surface area contributed by atoms with Crippen molar-refractivity contribution in [2.75, 3.05) is 7.11 Å². The number of azo groups is 1. The van der Waals surface area contributed by atoms with Crippen LogP contribution >= 0.6 is 0 Å². The molecule has 34 heavy (non-hydrogen) atoms. The third-order valence-electron chi connectivity index (χ3n) is 5.85. The molecule has 0 bridgehead atoms. The second-order valence-corrected chi connectivity index (χ2v) is 7.97. The van der Waals surface area contributed by atoms with Crippen LogP contribution in [-0.4, -0.2) is 39.9 Å². The first-order chi connectivity index (χ1) is 16.6. The fourth-order valence-electron chi connectivity index (χ4n) is 4.23. The van der Waals surface area contributed by atoms with Crippen LogP contribution in [0.2, 0.25) is 0 Å². The highest BCUT2D eigenvalue weighted by Crippen LogP contribution is 2.40. The van der Waals surface area contributed by atoms with Gasteiger partial charge < -0.3 is 14.8 Å². The van der Waals surface area contributed by atoms with Gasteiger partial charge in [-0.25, -0.2) is 5.01 Å². The number of methoxy groups -OCH3 is 1. The topological polar surface area (TPSA) is 103 Å². The number of ether oxygens (including phenoxy) is 1. The van der Waals surface area contributed by atoms with Crippen molar-refractivity contribution >= 4 is 28.2 Å². The molecule has 1 amide bonds. The molecule has 2 unspecified atom stereocenters. The number of para-hydroxylation sites is 1. The van der Waals surface area contributed by atoms with E-state index in [4.69, 9.17) is 9.84 Å². The normalized spacial score (nSPS) is 17.9. The first-order valence-electron chi connectivity index (χ1n) is 10.8. The summed E-state index contributed by atoms with van der Waals surface area (Å²) in [4.78, 5) is 16.0. The lowest BCUT2D eigenvalue weighted by Gasteiger charge is -2.24. The van der Waals surface area contributed by atoms with E-state index in [9.17, 15) is 9.90 Å². The number of fused-ring (bicyclic) bond motifs is 1. The smallest absolute Gasteiger partial charge is 0.240 e. The van der Waals surface area contributed by atoms with E-state index < -0.39 is 12.1 Å². The zero-order valence-electron chi connectivity index (χ0n) is 18.7. The maximum atomic E-state index is 12.7. The van der Waals surface area contributed by atoms with E-state index >= 15 is 0 Å². The van der Waals surface area contributed by atoms with Crippen molar-refractivity contribution in [2.24, 2.45) is 15.3 Å². The summed E-state index contributed by atoms with van der Waals surface area (Å²) in [6.45, 7) is 1.47. The van der Waals surface area contributed by atoms with Gasteiger partial charge in [-0.15, -0.1) is 0 Å². The third-order valence-corrected chi connectivity index (χ3v) is 5.85. The van der Waals surface area contributed by atoms with Gasteiger partial charge in [0.25, 0.3) is 0 Å². The maximum Gasteiger partial charge on any atom is 0.240 e. The molecule has 2 atom stereocenters. The molecule has 0 fully saturated rings. The van der Waals surface area contributed by atoms with Gasteiger partial charge >= 0.3 is 0 Å². The van der Waals surface area contributed by atoms with E-state index in [0.717, 1.165) is 22.0 Å². The molecule has 2 N–H and O–H groups in total. The quantitative estimate of drug-likeness (QED) is 0.399. The molecular weight excluding hydrogens is 430 g/mol. The number of phenols is 1. The average molecular weight is 454 g/mol. The van der Waals surface area contributed by atoms with Gasteiger partial charge in [-0.1, -0.05) is 42.5 Å². The second-order valence-electron chi connectivity index (χ2n) is 7.97. The molecule has 2 heterocycles. The van der Waals surface area contributed by atoms with Crippen LogP contribution in [0.25, 0.3) is 10.9 Å². The number of carbonyl (C=O) groups excluding carboxylic acids is 1. The highest BCUT2D eigenvalue weighted by atomic mass is 16.5. The minimum Gasteiger partial charge on any atom is -0.504 e. The molecular formula is C26H23N5O3. The number of aromatic nitrogens is 1. The molecule has 0 radical (unpaired) electrons. The average Bonchev–Trinajstić information content (AvgIpc) is 3.45. The van der Waals surface area contributed by atoms with E-state index in [2.05, 4.69) is 15.2 Å². The van der Waals surface area contributed by atoms with Crippen LogP contribution < -0.4 is 4.74 Å². The summed E-state index contributed by atoms with van der Waals surface area (Å²) in [5, 5.41) is 26.4. The molecule has 170 valence electrons. The second kappa shape index (κ2) is 8.82. The lowest BCUT2D eigenvalue weighted by molar-refractivity contribution is -0.130. The SMILES string of the molecule is COc1cc(C2C(N=Nc3ccccc3)C(c3c[nH]c4ccccc34)=NN2C(C)=O)ccc1O. The Bertz CT molecular complexity index is 1410. The van der Waals surface area contributed by atoms with Crippen molar-refractivity contribution in [3.05, 3.63) is 90.1 Å². The monoisotopic (exact) mass is 453 g/mol. The molecule has 4 aromatic rings. The van der Waals surface area contributed by atoms with Crippen LogP contribution in [-0.2, 0) is 4.79 Å². The van der Waals surface area contributed by atoms with Crippen LogP contribution in [0, 0.1) is 0 Å². The van der Waals surface area contributed by atoms with Crippen LogP contribution in [0.15, 0.2) is 94.3 Å². The first-order valence-corrected chi connectivity index (χ1v) is 10.8. The lowest BCUT2D eigenvalue weighted by atomic mass is 9.93. The van der Waals surface area contributed by atoms with E-state index in [1.54, 1.807) is 18.2 Å². The van der Waals surface area contributed by atoms with Crippen molar-refractivity contribution in [1.82, 2.24) is 9.99 Å². The van der Waals surface area contributed by atoms with Crippen molar-refractivity contribution < 1.29 is 14.6 Å². The van der Waals surface area contributed by atoms with Crippen LogP contribution in [0.5, 0.6) is 11.5 Å². The molecule has 0 saturated heterocycles. The summed E-state index contributed by atoms with van der Waals surface area (Å²) in [7, 11) is 1.48. The molecule has 3 aromatic carbocycles. The Balaban J connectivity index is 1.67. The number of nitrogens with zero attached hydrogens (tertiary/aromatic N) is 4. The van der Waals surface area contributed by atoms with Gasteiger partial charge in [0.2, 0.25) is 5.91 Å². The molecule has 8 heteroatoms. The molecule has 1 aliphatic rings. The fraction of sp³-hybridized carbons (Fsp3) is 0.154. The van der Waals surface area contributed by atoms with Gasteiger partial charge in [0.05, 0.1) is 18.5 Å². The van der Waals surface area contributed by atoms with Crippen molar-refractivity contribution in [3.63, 3.8) is 0 Å². The summed E-state index contributed by atoms with van der Waals surface area (Å²) in [6, 6.07) is 21.2. The minimum absolute atomic E-state index is 0.0128. The number of benzene rings is 3. The van der Waals surface area contributed by atoms with Gasteiger partial charge in [-0.05, 0) is 35.9 Å². The molecule has 8 nitrogen and oxygen atoms in total. The summed E-state index contributed by atoms with van der Waals surface area (Å²) in [5.41, 5.74) is 3.86. The van der Waals surface area contributed by atoms with Crippen LogP contribution in [0.4, 0.5) is 5.69 Å². The maximum absolute atomic E-state index is 12.7. The summed E-state index contributed by atoms with van der Waals surface area (Å²) >= 11 is 0. The number of nitrogens with one attached hydrogen (secondary N) is 1. The van der Waals surface area contributed by atoms with Gasteiger partial charge in [-0.3, -0.25) is 4.79 Å². The van der Waals surface area contributed by atoms with Crippen molar-refractivity contribution in [2.45, 2.75) is 19.0 Å².